The zero-order valence-corrected chi connectivity index (χ0v) is 16.8. The minimum absolute atomic E-state index is 0.184. The van der Waals surface area contributed by atoms with Gasteiger partial charge in [0.25, 0.3) is 5.91 Å². The summed E-state index contributed by atoms with van der Waals surface area (Å²) in [7, 11) is 0. The van der Waals surface area contributed by atoms with Gasteiger partial charge in [-0.15, -0.1) is 0 Å². The number of fused-ring (bicyclic) bond motifs is 1. The molecule has 0 bridgehead atoms. The van der Waals surface area contributed by atoms with Gasteiger partial charge in [-0.3, -0.25) is 10.1 Å². The molecule has 0 radical (unpaired) electrons. The lowest BCUT2D eigenvalue weighted by Gasteiger charge is -2.01. The van der Waals surface area contributed by atoms with Crippen molar-refractivity contribution in [3.05, 3.63) is 69.4 Å². The predicted octanol–water partition coefficient (Wildman–Crippen LogP) is 6.73. The van der Waals surface area contributed by atoms with Crippen LogP contribution in [0.2, 0.25) is 10.0 Å². The van der Waals surface area contributed by atoms with Crippen LogP contribution in [-0.2, 0) is 0 Å². The van der Waals surface area contributed by atoms with Crippen molar-refractivity contribution in [2.24, 2.45) is 0 Å². The average Bonchev–Trinajstić information content (AvgIpc) is 3.26. The van der Waals surface area contributed by atoms with Crippen LogP contribution in [0.4, 0.5) is 5.13 Å². The number of halogens is 2. The zero-order chi connectivity index (χ0) is 19.1. The second kappa shape index (κ2) is 7.00. The van der Waals surface area contributed by atoms with Crippen molar-refractivity contribution in [2.75, 3.05) is 5.32 Å². The van der Waals surface area contributed by atoms with Crippen LogP contribution in [0.3, 0.4) is 0 Å². The molecule has 4 nitrogen and oxygen atoms in total. The number of carbonyl (C=O) groups excluding carboxylic acids is 1. The molecule has 0 saturated carbocycles. The highest BCUT2D eigenvalue weighted by atomic mass is 35.5. The Morgan fingerprint density at radius 2 is 1.85 bits per heavy atom. The molecule has 0 saturated heterocycles. The number of benzene rings is 2. The SMILES string of the molecule is Cc1ccc(C)c2sc(NC(=O)c3ccc(-c4ccc(Cl)cc4Cl)o3)nc12. The van der Waals surface area contributed by atoms with Crippen molar-refractivity contribution in [1.82, 2.24) is 4.98 Å². The van der Waals surface area contributed by atoms with Crippen molar-refractivity contribution in [1.29, 1.82) is 0 Å². The van der Waals surface area contributed by atoms with E-state index in [1.807, 2.05) is 19.9 Å². The molecule has 0 aliphatic rings. The maximum absolute atomic E-state index is 12.6. The van der Waals surface area contributed by atoms with Gasteiger partial charge < -0.3 is 4.42 Å². The van der Waals surface area contributed by atoms with E-state index in [1.165, 1.54) is 11.3 Å². The molecule has 1 N–H and O–H groups in total. The number of hydrogen-bond donors (Lipinski definition) is 1. The summed E-state index contributed by atoms with van der Waals surface area (Å²) in [5.74, 6) is 0.322. The largest absolute Gasteiger partial charge is 0.451 e. The third kappa shape index (κ3) is 3.46. The summed E-state index contributed by atoms with van der Waals surface area (Å²) < 4.78 is 6.75. The number of amides is 1. The van der Waals surface area contributed by atoms with E-state index >= 15 is 0 Å². The van der Waals surface area contributed by atoms with E-state index < -0.39 is 0 Å². The molecule has 4 aromatic rings. The van der Waals surface area contributed by atoms with Gasteiger partial charge in [-0.1, -0.05) is 46.7 Å². The third-order valence-electron chi connectivity index (χ3n) is 4.19. The Balaban J connectivity index is 1.60. The maximum Gasteiger partial charge on any atom is 0.293 e. The summed E-state index contributed by atoms with van der Waals surface area (Å²) >= 11 is 13.6. The average molecular weight is 417 g/mol. The fourth-order valence-electron chi connectivity index (χ4n) is 2.77. The van der Waals surface area contributed by atoms with E-state index in [4.69, 9.17) is 27.6 Å². The van der Waals surface area contributed by atoms with Crippen LogP contribution in [-0.4, -0.2) is 10.9 Å². The number of carbonyl (C=O) groups is 1. The Labute approximate surface area is 169 Å². The Hall–Kier alpha value is -2.34. The maximum atomic E-state index is 12.6. The van der Waals surface area contributed by atoms with Crippen molar-refractivity contribution in [2.45, 2.75) is 13.8 Å². The van der Waals surface area contributed by atoms with E-state index in [2.05, 4.69) is 16.4 Å². The minimum Gasteiger partial charge on any atom is -0.451 e. The van der Waals surface area contributed by atoms with Crippen LogP contribution in [0.5, 0.6) is 0 Å². The molecule has 27 heavy (non-hydrogen) atoms. The monoisotopic (exact) mass is 416 g/mol. The summed E-state index contributed by atoms with van der Waals surface area (Å²) in [4.78, 5) is 17.1. The van der Waals surface area contributed by atoms with E-state index in [1.54, 1.807) is 30.3 Å². The summed E-state index contributed by atoms with van der Waals surface area (Å²) in [5.41, 5.74) is 3.78. The van der Waals surface area contributed by atoms with Gasteiger partial charge in [0.2, 0.25) is 0 Å². The summed E-state index contributed by atoms with van der Waals surface area (Å²) in [5, 5.41) is 4.34. The molecule has 136 valence electrons. The van der Waals surface area contributed by atoms with Crippen LogP contribution < -0.4 is 5.32 Å². The second-order valence-electron chi connectivity index (χ2n) is 6.14. The van der Waals surface area contributed by atoms with Crippen molar-refractivity contribution in [3.63, 3.8) is 0 Å². The van der Waals surface area contributed by atoms with Gasteiger partial charge in [0, 0.05) is 10.6 Å². The quantitative estimate of drug-likeness (QED) is 0.402. The molecule has 1 amide bonds. The van der Waals surface area contributed by atoms with Crippen LogP contribution in [0.25, 0.3) is 21.5 Å². The summed E-state index contributed by atoms with van der Waals surface area (Å²) in [6.45, 7) is 4.03. The summed E-state index contributed by atoms with van der Waals surface area (Å²) in [6, 6.07) is 12.5. The number of nitrogens with zero attached hydrogens (tertiary/aromatic N) is 1. The zero-order valence-electron chi connectivity index (χ0n) is 14.5. The first-order chi connectivity index (χ1) is 12.9. The Kier molecular flexibility index (Phi) is 4.68. The van der Waals surface area contributed by atoms with E-state index in [0.29, 0.717) is 26.5 Å². The number of nitrogens with one attached hydrogen (secondary N) is 1. The number of anilines is 1. The predicted molar refractivity (Wildman–Crippen MR) is 111 cm³/mol. The van der Waals surface area contributed by atoms with E-state index in [-0.39, 0.29) is 11.7 Å². The number of hydrogen-bond acceptors (Lipinski definition) is 4. The molecule has 0 fully saturated rings. The molecule has 0 spiro atoms. The van der Waals surface area contributed by atoms with E-state index in [9.17, 15) is 4.79 Å². The molecule has 2 aromatic carbocycles. The molecule has 0 aliphatic heterocycles. The standard InChI is InChI=1S/C20H14Cl2N2O2S/c1-10-3-4-11(2)18-17(10)23-20(27-18)24-19(25)16-8-7-15(26-16)13-6-5-12(21)9-14(13)22/h3-9H,1-2H3,(H,23,24,25). The first-order valence-corrected chi connectivity index (χ1v) is 9.73. The highest BCUT2D eigenvalue weighted by Crippen LogP contribution is 2.33. The van der Waals surface area contributed by atoms with Gasteiger partial charge in [-0.25, -0.2) is 4.98 Å². The second-order valence-corrected chi connectivity index (χ2v) is 7.98. The molecule has 0 unspecified atom stereocenters. The van der Waals surface area contributed by atoms with Crippen LogP contribution >= 0.6 is 34.5 Å². The third-order valence-corrected chi connectivity index (χ3v) is 5.84. The molecular formula is C20H14Cl2N2O2S. The molecule has 4 rings (SSSR count). The van der Waals surface area contributed by atoms with Crippen molar-refractivity contribution >= 4 is 55.8 Å². The lowest BCUT2D eigenvalue weighted by atomic mass is 10.1. The fraction of sp³-hybridized carbons (Fsp3) is 0.100. The van der Waals surface area contributed by atoms with Crippen LogP contribution in [0, 0.1) is 13.8 Å². The number of aromatic nitrogens is 1. The number of aryl methyl sites for hydroxylation is 2. The molecular weight excluding hydrogens is 403 g/mol. The number of rotatable bonds is 3. The fourth-order valence-corrected chi connectivity index (χ4v) is 4.27. The Morgan fingerprint density at radius 1 is 1.07 bits per heavy atom. The molecule has 7 heteroatoms. The van der Waals surface area contributed by atoms with Gasteiger partial charge in [0.15, 0.2) is 10.9 Å². The number of thiazole rings is 1. The lowest BCUT2D eigenvalue weighted by Crippen LogP contribution is -2.10. The van der Waals surface area contributed by atoms with Crippen LogP contribution in [0.15, 0.2) is 46.9 Å². The lowest BCUT2D eigenvalue weighted by molar-refractivity contribution is 0.0997. The Bertz CT molecular complexity index is 1140. The van der Waals surface area contributed by atoms with Gasteiger partial charge in [-0.05, 0) is 55.3 Å². The molecule has 2 heterocycles. The molecule has 0 aliphatic carbocycles. The molecule has 0 atom stereocenters. The minimum atomic E-state index is -0.360. The Morgan fingerprint density at radius 3 is 2.59 bits per heavy atom. The van der Waals surface area contributed by atoms with Gasteiger partial charge in [-0.2, -0.15) is 0 Å². The number of furan rings is 1. The normalized spacial score (nSPS) is 11.1. The first-order valence-electron chi connectivity index (χ1n) is 8.16. The molecule has 2 aromatic heterocycles. The van der Waals surface area contributed by atoms with Crippen LogP contribution in [0.1, 0.15) is 21.7 Å². The van der Waals surface area contributed by atoms with Crippen molar-refractivity contribution in [3.8, 4) is 11.3 Å². The highest BCUT2D eigenvalue weighted by Gasteiger charge is 2.17. The van der Waals surface area contributed by atoms with E-state index in [0.717, 1.165) is 21.3 Å². The van der Waals surface area contributed by atoms with Gasteiger partial charge in [0.05, 0.1) is 15.2 Å². The highest BCUT2D eigenvalue weighted by molar-refractivity contribution is 7.22. The van der Waals surface area contributed by atoms with Gasteiger partial charge >= 0.3 is 0 Å². The smallest absolute Gasteiger partial charge is 0.293 e. The van der Waals surface area contributed by atoms with Gasteiger partial charge in [0.1, 0.15) is 5.76 Å². The first kappa shape index (κ1) is 18.0. The van der Waals surface area contributed by atoms with Crippen molar-refractivity contribution < 1.29 is 9.21 Å². The summed E-state index contributed by atoms with van der Waals surface area (Å²) in [6.07, 6.45) is 0. The topological polar surface area (TPSA) is 55.1 Å².